The monoisotopic (exact) mass is 273 g/mol. The van der Waals surface area contributed by atoms with Gasteiger partial charge >= 0.3 is 0 Å². The van der Waals surface area contributed by atoms with Crippen LogP contribution < -0.4 is 0 Å². The van der Waals surface area contributed by atoms with Crippen LogP contribution >= 0.6 is 23.2 Å². The molecular weight excluding hydrogens is 261 g/mol. The summed E-state index contributed by atoms with van der Waals surface area (Å²) in [6.45, 7) is 1.50. The highest BCUT2D eigenvalue weighted by Crippen LogP contribution is 2.19. The maximum Gasteiger partial charge on any atom is 0.160 e. The van der Waals surface area contributed by atoms with Gasteiger partial charge in [-0.3, -0.25) is 0 Å². The molecule has 0 bridgehead atoms. The van der Waals surface area contributed by atoms with Gasteiger partial charge < -0.3 is 9.30 Å². The number of rotatable bonds is 5. The van der Waals surface area contributed by atoms with Gasteiger partial charge in [0.25, 0.3) is 0 Å². The molecule has 2 rings (SSSR count). The second kappa shape index (κ2) is 5.67. The number of nitrogens with zero attached hydrogens (tertiary/aromatic N) is 3. The van der Waals surface area contributed by atoms with E-state index in [0.717, 1.165) is 30.0 Å². The van der Waals surface area contributed by atoms with E-state index in [9.17, 15) is 0 Å². The maximum atomic E-state index is 5.89. The number of hydrogen-bond donors (Lipinski definition) is 0. The Morgan fingerprint density at radius 3 is 3.00 bits per heavy atom. The molecule has 0 atom stereocenters. The van der Waals surface area contributed by atoms with Crippen molar-refractivity contribution >= 4 is 34.4 Å². The molecule has 0 radical (unpaired) electrons. The molecule has 0 aliphatic heterocycles. The molecule has 0 fully saturated rings. The van der Waals surface area contributed by atoms with Gasteiger partial charge in [0.1, 0.15) is 11.3 Å². The topological polar surface area (TPSA) is 39.9 Å². The number of halogens is 2. The number of methoxy groups -OCH3 is 1. The quantitative estimate of drug-likeness (QED) is 0.621. The van der Waals surface area contributed by atoms with Crippen LogP contribution in [0.4, 0.5) is 0 Å². The van der Waals surface area contributed by atoms with Crippen LogP contribution in [-0.2, 0) is 17.2 Å². The summed E-state index contributed by atoms with van der Waals surface area (Å²) in [6.07, 6.45) is 2.52. The van der Waals surface area contributed by atoms with Gasteiger partial charge in [0.05, 0.1) is 10.9 Å². The Balaban J connectivity index is 2.36. The summed E-state index contributed by atoms with van der Waals surface area (Å²) in [7, 11) is 1.69. The molecule has 4 nitrogen and oxygen atoms in total. The minimum atomic E-state index is 0.362. The fourth-order valence-corrected chi connectivity index (χ4v) is 2.09. The Labute approximate surface area is 110 Å². The number of fused-ring (bicyclic) bond motifs is 1. The summed E-state index contributed by atoms with van der Waals surface area (Å²) in [6, 6.07) is 1.80. The van der Waals surface area contributed by atoms with Gasteiger partial charge in [0.15, 0.2) is 5.65 Å². The molecule has 0 unspecified atom stereocenters. The summed E-state index contributed by atoms with van der Waals surface area (Å²) < 4.78 is 7.05. The largest absolute Gasteiger partial charge is 0.385 e. The normalized spacial score (nSPS) is 11.2. The van der Waals surface area contributed by atoms with Crippen molar-refractivity contribution in [3.05, 3.63) is 23.1 Å². The fourth-order valence-electron chi connectivity index (χ4n) is 1.74. The molecule has 2 aromatic rings. The molecule has 2 aromatic heterocycles. The zero-order chi connectivity index (χ0) is 12.3. The van der Waals surface area contributed by atoms with Gasteiger partial charge in [-0.15, -0.1) is 11.6 Å². The number of pyridine rings is 1. The smallest absolute Gasteiger partial charge is 0.160 e. The van der Waals surface area contributed by atoms with Gasteiger partial charge in [-0.25, -0.2) is 9.97 Å². The number of hydrogen-bond acceptors (Lipinski definition) is 3. The highest BCUT2D eigenvalue weighted by molar-refractivity contribution is 6.31. The van der Waals surface area contributed by atoms with E-state index in [4.69, 9.17) is 27.9 Å². The van der Waals surface area contributed by atoms with Gasteiger partial charge in [-0.05, 0) is 12.5 Å². The maximum absolute atomic E-state index is 5.89. The molecule has 0 N–H and O–H groups in total. The van der Waals surface area contributed by atoms with Crippen molar-refractivity contribution in [1.29, 1.82) is 0 Å². The SMILES string of the molecule is COCCCn1c(CCl)nc2cc(Cl)cnc21. The predicted molar refractivity (Wildman–Crippen MR) is 68.6 cm³/mol. The van der Waals surface area contributed by atoms with Crippen LogP contribution in [-0.4, -0.2) is 28.3 Å². The molecule has 0 aliphatic rings. The van der Waals surface area contributed by atoms with E-state index >= 15 is 0 Å². The summed E-state index contributed by atoms with van der Waals surface area (Å²) in [5.41, 5.74) is 1.60. The zero-order valence-electron chi connectivity index (χ0n) is 9.49. The Hall–Kier alpha value is -0.840. The molecule has 0 aliphatic carbocycles. The van der Waals surface area contributed by atoms with Crippen molar-refractivity contribution in [3.63, 3.8) is 0 Å². The van der Waals surface area contributed by atoms with E-state index in [0.29, 0.717) is 17.5 Å². The van der Waals surface area contributed by atoms with Crippen LogP contribution in [0.5, 0.6) is 0 Å². The van der Waals surface area contributed by atoms with Crippen molar-refractivity contribution in [2.45, 2.75) is 18.8 Å². The number of aromatic nitrogens is 3. The van der Waals surface area contributed by atoms with Gasteiger partial charge in [0, 0.05) is 26.5 Å². The summed E-state index contributed by atoms with van der Waals surface area (Å²) in [5, 5.41) is 0.583. The molecule has 0 aromatic carbocycles. The van der Waals surface area contributed by atoms with E-state index < -0.39 is 0 Å². The molecule has 0 saturated heterocycles. The second-order valence-corrected chi connectivity index (χ2v) is 4.36. The summed E-state index contributed by atoms with van der Waals surface area (Å²) in [5.74, 6) is 1.17. The lowest BCUT2D eigenvalue weighted by Crippen LogP contribution is -2.05. The highest BCUT2D eigenvalue weighted by atomic mass is 35.5. The first-order valence-corrected chi connectivity index (χ1v) is 6.23. The zero-order valence-corrected chi connectivity index (χ0v) is 11.0. The van der Waals surface area contributed by atoms with Crippen LogP contribution in [0.2, 0.25) is 5.02 Å². The van der Waals surface area contributed by atoms with E-state index in [1.54, 1.807) is 19.4 Å². The average molecular weight is 274 g/mol. The van der Waals surface area contributed by atoms with Crippen LogP contribution in [0.15, 0.2) is 12.3 Å². The Morgan fingerprint density at radius 2 is 2.29 bits per heavy atom. The van der Waals surface area contributed by atoms with Crippen molar-refractivity contribution in [2.24, 2.45) is 0 Å². The number of ether oxygens (including phenoxy) is 1. The molecule has 0 amide bonds. The van der Waals surface area contributed by atoms with E-state index in [1.165, 1.54) is 0 Å². The number of alkyl halides is 1. The van der Waals surface area contributed by atoms with Gasteiger partial charge in [-0.1, -0.05) is 11.6 Å². The van der Waals surface area contributed by atoms with Gasteiger partial charge in [0.2, 0.25) is 0 Å². The minimum absolute atomic E-state index is 0.362. The Morgan fingerprint density at radius 1 is 1.47 bits per heavy atom. The predicted octanol–water partition coefficient (Wildman–Crippen LogP) is 2.86. The summed E-state index contributed by atoms with van der Waals surface area (Å²) in [4.78, 5) is 8.71. The third kappa shape index (κ3) is 2.70. The average Bonchev–Trinajstić information content (AvgIpc) is 2.67. The van der Waals surface area contributed by atoms with Crippen LogP contribution in [0, 0.1) is 0 Å². The lowest BCUT2D eigenvalue weighted by atomic mass is 10.4. The number of imidazole rings is 1. The second-order valence-electron chi connectivity index (χ2n) is 3.66. The third-order valence-corrected chi connectivity index (χ3v) is 2.93. The van der Waals surface area contributed by atoms with Crippen LogP contribution in [0.25, 0.3) is 11.2 Å². The van der Waals surface area contributed by atoms with Crippen LogP contribution in [0.3, 0.4) is 0 Å². The first-order valence-electron chi connectivity index (χ1n) is 5.32. The molecule has 6 heteroatoms. The summed E-state index contributed by atoms with van der Waals surface area (Å²) >= 11 is 11.8. The molecule has 92 valence electrons. The van der Waals surface area contributed by atoms with E-state index in [1.807, 2.05) is 4.57 Å². The highest BCUT2D eigenvalue weighted by Gasteiger charge is 2.11. The van der Waals surface area contributed by atoms with Crippen molar-refractivity contribution in [2.75, 3.05) is 13.7 Å². The third-order valence-electron chi connectivity index (χ3n) is 2.48. The van der Waals surface area contributed by atoms with Crippen molar-refractivity contribution in [1.82, 2.24) is 14.5 Å². The molecular formula is C11H13Cl2N3O. The fraction of sp³-hybridized carbons (Fsp3) is 0.455. The molecule has 17 heavy (non-hydrogen) atoms. The van der Waals surface area contributed by atoms with Crippen LogP contribution in [0.1, 0.15) is 12.2 Å². The van der Waals surface area contributed by atoms with E-state index in [-0.39, 0.29) is 0 Å². The standard InChI is InChI=1S/C11H13Cl2N3O/c1-17-4-2-3-16-10(6-12)15-9-5-8(13)7-14-11(9)16/h5,7H,2-4,6H2,1H3. The molecule has 0 saturated carbocycles. The Kier molecular flexibility index (Phi) is 4.20. The molecule has 0 spiro atoms. The number of aryl methyl sites for hydroxylation is 1. The van der Waals surface area contributed by atoms with E-state index in [2.05, 4.69) is 9.97 Å². The van der Waals surface area contributed by atoms with Crippen molar-refractivity contribution in [3.8, 4) is 0 Å². The van der Waals surface area contributed by atoms with Crippen molar-refractivity contribution < 1.29 is 4.74 Å². The first-order chi connectivity index (χ1) is 8.26. The first kappa shape index (κ1) is 12.6. The molecule has 2 heterocycles. The lowest BCUT2D eigenvalue weighted by molar-refractivity contribution is 0.190. The lowest BCUT2D eigenvalue weighted by Gasteiger charge is -2.06. The Bertz CT molecular complexity index is 513. The minimum Gasteiger partial charge on any atom is -0.385 e. The van der Waals surface area contributed by atoms with Gasteiger partial charge in [-0.2, -0.15) is 0 Å².